The third-order valence-electron chi connectivity index (χ3n) is 3.08. The molecule has 0 saturated heterocycles. The number of fused-ring (bicyclic) bond motifs is 1. The van der Waals surface area contributed by atoms with Crippen LogP contribution in [0.25, 0.3) is 21.9 Å². The van der Waals surface area contributed by atoms with Crippen molar-refractivity contribution in [2.75, 3.05) is 0 Å². The summed E-state index contributed by atoms with van der Waals surface area (Å²) in [5.41, 5.74) is 1.78. The van der Waals surface area contributed by atoms with Gasteiger partial charge in [0.2, 0.25) is 0 Å². The highest BCUT2D eigenvalue weighted by atomic mass is 16.4. The van der Waals surface area contributed by atoms with Crippen LogP contribution in [0.5, 0.6) is 0 Å². The van der Waals surface area contributed by atoms with E-state index in [4.69, 9.17) is 4.42 Å². The third kappa shape index (κ3) is 2.41. The van der Waals surface area contributed by atoms with Crippen molar-refractivity contribution in [3.05, 3.63) is 83.9 Å². The average molecular weight is 264 g/mol. The molecule has 0 aliphatic rings. The zero-order valence-electron chi connectivity index (χ0n) is 11.4. The molecule has 100 valence electrons. The van der Waals surface area contributed by atoms with Crippen LogP contribution in [-0.4, -0.2) is 0 Å². The number of rotatable bonds is 1. The molecule has 3 aromatic rings. The Labute approximate surface area is 118 Å². The van der Waals surface area contributed by atoms with Gasteiger partial charge in [0.25, 0.3) is 0 Å². The van der Waals surface area contributed by atoms with E-state index in [2.05, 4.69) is 13.2 Å². The molecule has 0 fully saturated rings. The van der Waals surface area contributed by atoms with E-state index in [0.717, 1.165) is 16.5 Å². The standard InChI is InChI=1S/C16H12O2.C2H4/c1-11-15(12-7-3-2-4-8-12)13-9-5-6-10-14(13)16(17)18-11;1-2/h2-10H,1H3;1-2H2. The van der Waals surface area contributed by atoms with Gasteiger partial charge in [-0.3, -0.25) is 0 Å². The highest BCUT2D eigenvalue weighted by Gasteiger charge is 2.11. The second-order valence-corrected chi connectivity index (χ2v) is 4.23. The van der Waals surface area contributed by atoms with Crippen molar-refractivity contribution in [2.24, 2.45) is 0 Å². The lowest BCUT2D eigenvalue weighted by atomic mass is 9.99. The molecule has 0 atom stereocenters. The zero-order valence-corrected chi connectivity index (χ0v) is 11.4. The van der Waals surface area contributed by atoms with Crippen molar-refractivity contribution < 1.29 is 4.42 Å². The van der Waals surface area contributed by atoms with Gasteiger partial charge in [-0.05, 0) is 18.6 Å². The molecular weight excluding hydrogens is 248 g/mol. The second-order valence-electron chi connectivity index (χ2n) is 4.23. The first-order valence-corrected chi connectivity index (χ1v) is 6.35. The SMILES string of the molecule is C=C.Cc1oc(=O)c2ccccc2c1-c1ccccc1. The van der Waals surface area contributed by atoms with Gasteiger partial charge in [0, 0.05) is 10.9 Å². The molecule has 0 saturated carbocycles. The van der Waals surface area contributed by atoms with Gasteiger partial charge in [0.15, 0.2) is 0 Å². The van der Waals surface area contributed by atoms with Crippen molar-refractivity contribution >= 4 is 10.8 Å². The van der Waals surface area contributed by atoms with Crippen LogP contribution < -0.4 is 5.63 Å². The molecule has 0 aliphatic heterocycles. The Morgan fingerprint density at radius 1 is 0.850 bits per heavy atom. The van der Waals surface area contributed by atoms with Gasteiger partial charge >= 0.3 is 5.63 Å². The zero-order chi connectivity index (χ0) is 14.5. The van der Waals surface area contributed by atoms with E-state index in [0.29, 0.717) is 11.1 Å². The van der Waals surface area contributed by atoms with Crippen molar-refractivity contribution in [1.29, 1.82) is 0 Å². The number of hydrogen-bond donors (Lipinski definition) is 0. The Hall–Kier alpha value is -2.61. The summed E-state index contributed by atoms with van der Waals surface area (Å²) in [4.78, 5) is 11.8. The van der Waals surface area contributed by atoms with E-state index in [1.54, 1.807) is 6.07 Å². The number of aryl methyl sites for hydroxylation is 1. The van der Waals surface area contributed by atoms with Crippen LogP contribution in [0.1, 0.15) is 5.76 Å². The molecule has 0 unspecified atom stereocenters. The van der Waals surface area contributed by atoms with E-state index in [-0.39, 0.29) is 5.63 Å². The van der Waals surface area contributed by atoms with Gasteiger partial charge in [-0.2, -0.15) is 0 Å². The normalized spacial score (nSPS) is 9.85. The fraction of sp³-hybridized carbons (Fsp3) is 0.0556. The summed E-state index contributed by atoms with van der Waals surface area (Å²) in [6.45, 7) is 7.83. The van der Waals surface area contributed by atoms with Gasteiger partial charge < -0.3 is 4.42 Å². The van der Waals surface area contributed by atoms with E-state index in [9.17, 15) is 4.79 Å². The molecule has 0 N–H and O–H groups in total. The molecule has 0 spiro atoms. The predicted octanol–water partition coefficient (Wildman–Crippen LogP) is 4.57. The highest BCUT2D eigenvalue weighted by molar-refractivity contribution is 5.96. The molecule has 20 heavy (non-hydrogen) atoms. The van der Waals surface area contributed by atoms with Gasteiger partial charge in [-0.25, -0.2) is 4.79 Å². The van der Waals surface area contributed by atoms with Crippen molar-refractivity contribution in [2.45, 2.75) is 6.92 Å². The third-order valence-corrected chi connectivity index (χ3v) is 3.08. The van der Waals surface area contributed by atoms with Gasteiger partial charge in [-0.15, -0.1) is 13.2 Å². The molecule has 0 radical (unpaired) electrons. The molecule has 2 heteroatoms. The summed E-state index contributed by atoms with van der Waals surface area (Å²) in [6, 6.07) is 17.5. The van der Waals surface area contributed by atoms with Crippen LogP contribution >= 0.6 is 0 Å². The van der Waals surface area contributed by atoms with E-state index in [1.807, 2.05) is 55.5 Å². The van der Waals surface area contributed by atoms with Gasteiger partial charge in [-0.1, -0.05) is 48.5 Å². The topological polar surface area (TPSA) is 30.2 Å². The number of benzene rings is 2. The lowest BCUT2D eigenvalue weighted by Gasteiger charge is -2.08. The number of hydrogen-bond acceptors (Lipinski definition) is 2. The van der Waals surface area contributed by atoms with Crippen molar-refractivity contribution in [3.63, 3.8) is 0 Å². The largest absolute Gasteiger partial charge is 0.427 e. The van der Waals surface area contributed by atoms with Crippen LogP contribution in [-0.2, 0) is 0 Å². The van der Waals surface area contributed by atoms with Gasteiger partial charge in [0.05, 0.1) is 5.39 Å². The molecule has 0 bridgehead atoms. The first-order valence-electron chi connectivity index (χ1n) is 6.35. The van der Waals surface area contributed by atoms with Crippen LogP contribution in [0, 0.1) is 6.92 Å². The molecule has 2 aromatic carbocycles. The van der Waals surface area contributed by atoms with E-state index >= 15 is 0 Å². The first-order chi connectivity index (χ1) is 9.77. The smallest absolute Gasteiger partial charge is 0.343 e. The fourth-order valence-corrected chi connectivity index (χ4v) is 2.28. The summed E-state index contributed by atoms with van der Waals surface area (Å²) < 4.78 is 5.32. The van der Waals surface area contributed by atoms with Crippen LogP contribution in [0.2, 0.25) is 0 Å². The first kappa shape index (κ1) is 13.8. The molecular formula is C18H16O2. The van der Waals surface area contributed by atoms with Crippen LogP contribution in [0.4, 0.5) is 0 Å². The molecule has 0 aliphatic carbocycles. The molecule has 3 rings (SSSR count). The Morgan fingerprint density at radius 3 is 2.05 bits per heavy atom. The molecule has 1 heterocycles. The maximum absolute atomic E-state index is 11.8. The highest BCUT2D eigenvalue weighted by Crippen LogP contribution is 2.29. The Morgan fingerprint density at radius 2 is 1.40 bits per heavy atom. The monoisotopic (exact) mass is 264 g/mol. The fourth-order valence-electron chi connectivity index (χ4n) is 2.28. The molecule has 1 aromatic heterocycles. The van der Waals surface area contributed by atoms with Crippen molar-refractivity contribution in [3.8, 4) is 11.1 Å². The second kappa shape index (κ2) is 6.02. The van der Waals surface area contributed by atoms with Gasteiger partial charge in [0.1, 0.15) is 5.76 Å². The summed E-state index contributed by atoms with van der Waals surface area (Å²) in [6.07, 6.45) is 0. The van der Waals surface area contributed by atoms with Crippen LogP contribution in [0.15, 0.2) is 77.0 Å². The predicted molar refractivity (Wildman–Crippen MR) is 83.9 cm³/mol. The minimum absolute atomic E-state index is 0.275. The minimum Gasteiger partial charge on any atom is -0.427 e. The quantitative estimate of drug-likeness (QED) is 0.603. The lowest BCUT2D eigenvalue weighted by Crippen LogP contribution is -2.02. The maximum atomic E-state index is 11.8. The average Bonchev–Trinajstić information content (AvgIpc) is 2.50. The summed E-state index contributed by atoms with van der Waals surface area (Å²) >= 11 is 0. The summed E-state index contributed by atoms with van der Waals surface area (Å²) in [5.74, 6) is 0.657. The minimum atomic E-state index is -0.275. The van der Waals surface area contributed by atoms with Crippen molar-refractivity contribution in [1.82, 2.24) is 0 Å². The Kier molecular flexibility index (Phi) is 4.16. The summed E-state index contributed by atoms with van der Waals surface area (Å²) in [5, 5.41) is 1.57. The lowest BCUT2D eigenvalue weighted by molar-refractivity contribution is 0.490. The van der Waals surface area contributed by atoms with Crippen LogP contribution in [0.3, 0.4) is 0 Å². The maximum Gasteiger partial charge on any atom is 0.343 e. The molecule has 2 nitrogen and oxygen atoms in total. The molecule has 0 amide bonds. The van der Waals surface area contributed by atoms with E-state index in [1.165, 1.54) is 0 Å². The Bertz CT molecular complexity index is 770. The summed E-state index contributed by atoms with van der Waals surface area (Å²) in [7, 11) is 0. The Balaban J connectivity index is 0.000000704. The van der Waals surface area contributed by atoms with E-state index < -0.39 is 0 Å².